The van der Waals surface area contributed by atoms with Crippen LogP contribution in [0.15, 0.2) is 18.2 Å². The summed E-state index contributed by atoms with van der Waals surface area (Å²) in [7, 11) is 0. The van der Waals surface area contributed by atoms with Crippen molar-refractivity contribution in [2.75, 3.05) is 13.2 Å². The van der Waals surface area contributed by atoms with Crippen molar-refractivity contribution in [3.63, 3.8) is 0 Å². The van der Waals surface area contributed by atoms with Crippen molar-refractivity contribution in [2.24, 2.45) is 5.73 Å². The van der Waals surface area contributed by atoms with Gasteiger partial charge < -0.3 is 26.0 Å². The first-order valence-corrected chi connectivity index (χ1v) is 7.04. The van der Waals surface area contributed by atoms with Crippen LogP contribution in [0.4, 0.5) is 0 Å². The number of aliphatic hydroxyl groups excluding tert-OH is 1. The number of nitrogens with two attached hydrogens (primary N) is 1. The number of carbonyl (C=O) groups excluding carboxylic acids is 1. The van der Waals surface area contributed by atoms with Crippen LogP contribution in [0.2, 0.25) is 0 Å². The maximum atomic E-state index is 12.4. The monoisotopic (exact) mass is 296 g/mol. The van der Waals surface area contributed by atoms with E-state index in [2.05, 4.69) is 0 Å². The van der Waals surface area contributed by atoms with E-state index in [4.69, 9.17) is 10.8 Å². The van der Waals surface area contributed by atoms with E-state index < -0.39 is 6.04 Å². The number of aliphatic hydroxyl groups is 1. The van der Waals surface area contributed by atoms with Gasteiger partial charge >= 0.3 is 0 Å². The molecule has 0 spiro atoms. The van der Waals surface area contributed by atoms with E-state index in [0.717, 1.165) is 0 Å². The van der Waals surface area contributed by atoms with Crippen molar-refractivity contribution in [1.82, 2.24) is 4.90 Å². The third-order valence-electron chi connectivity index (χ3n) is 3.28. The number of phenols is 2. The molecule has 21 heavy (non-hydrogen) atoms. The number of aromatic hydroxyl groups is 2. The van der Waals surface area contributed by atoms with Gasteiger partial charge in [0.05, 0.1) is 6.04 Å². The molecular weight excluding hydrogens is 272 g/mol. The Morgan fingerprint density at radius 2 is 1.95 bits per heavy atom. The van der Waals surface area contributed by atoms with Gasteiger partial charge in [-0.15, -0.1) is 0 Å². The van der Waals surface area contributed by atoms with Crippen LogP contribution in [0, 0.1) is 0 Å². The number of carbonyl (C=O) groups is 1. The summed E-state index contributed by atoms with van der Waals surface area (Å²) in [6.45, 7) is 4.28. The van der Waals surface area contributed by atoms with Crippen LogP contribution in [0.3, 0.4) is 0 Å². The molecule has 0 saturated heterocycles. The molecule has 1 rings (SSSR count). The number of nitrogens with zero attached hydrogens (tertiary/aromatic N) is 1. The summed E-state index contributed by atoms with van der Waals surface area (Å²) in [5, 5.41) is 27.6. The Bertz CT molecular complexity index is 477. The van der Waals surface area contributed by atoms with Gasteiger partial charge in [0, 0.05) is 19.2 Å². The van der Waals surface area contributed by atoms with Gasteiger partial charge in [0.15, 0.2) is 11.5 Å². The molecule has 0 aliphatic heterocycles. The highest BCUT2D eigenvalue weighted by atomic mass is 16.3. The molecule has 0 aromatic heterocycles. The SMILES string of the molecule is CC(C)N(CCCO)C(=O)[C@@H](N)Cc1ccc(O)c(O)c1. The van der Waals surface area contributed by atoms with Crippen LogP contribution in [0.1, 0.15) is 25.8 Å². The Kier molecular flexibility index (Phi) is 6.45. The van der Waals surface area contributed by atoms with Crippen molar-refractivity contribution in [2.45, 2.75) is 38.8 Å². The van der Waals surface area contributed by atoms with E-state index in [1.165, 1.54) is 12.1 Å². The fourth-order valence-electron chi connectivity index (χ4n) is 2.11. The van der Waals surface area contributed by atoms with Crippen LogP contribution in [0.25, 0.3) is 0 Å². The summed E-state index contributed by atoms with van der Waals surface area (Å²) >= 11 is 0. The van der Waals surface area contributed by atoms with Crippen molar-refractivity contribution in [3.05, 3.63) is 23.8 Å². The molecule has 0 radical (unpaired) electrons. The molecule has 1 aromatic carbocycles. The zero-order valence-corrected chi connectivity index (χ0v) is 12.5. The van der Waals surface area contributed by atoms with Crippen molar-refractivity contribution in [1.29, 1.82) is 0 Å². The third-order valence-corrected chi connectivity index (χ3v) is 3.28. The molecule has 6 heteroatoms. The van der Waals surface area contributed by atoms with Gasteiger partial charge in [-0.2, -0.15) is 0 Å². The quantitative estimate of drug-likeness (QED) is 0.551. The highest BCUT2D eigenvalue weighted by molar-refractivity contribution is 5.82. The number of phenolic OH excluding ortho intramolecular Hbond substituents is 2. The third kappa shape index (κ3) is 4.91. The van der Waals surface area contributed by atoms with Crippen LogP contribution < -0.4 is 5.73 Å². The Morgan fingerprint density at radius 1 is 1.29 bits per heavy atom. The highest BCUT2D eigenvalue weighted by Gasteiger charge is 2.23. The van der Waals surface area contributed by atoms with E-state index in [1.54, 1.807) is 11.0 Å². The second-order valence-corrected chi connectivity index (χ2v) is 5.34. The molecule has 0 aliphatic rings. The molecule has 0 aliphatic carbocycles. The normalized spacial score (nSPS) is 12.4. The average molecular weight is 296 g/mol. The minimum Gasteiger partial charge on any atom is -0.504 e. The lowest BCUT2D eigenvalue weighted by atomic mass is 10.0. The Balaban J connectivity index is 2.73. The topological polar surface area (TPSA) is 107 Å². The lowest BCUT2D eigenvalue weighted by molar-refractivity contribution is -0.134. The summed E-state index contributed by atoms with van der Waals surface area (Å²) < 4.78 is 0. The van der Waals surface area contributed by atoms with Crippen LogP contribution in [-0.4, -0.2) is 51.4 Å². The molecule has 0 unspecified atom stereocenters. The molecule has 1 aromatic rings. The second-order valence-electron chi connectivity index (χ2n) is 5.34. The molecule has 0 fully saturated rings. The first kappa shape index (κ1) is 17.3. The van der Waals surface area contributed by atoms with E-state index in [-0.39, 0.29) is 36.5 Å². The summed E-state index contributed by atoms with van der Waals surface area (Å²) in [5.74, 6) is -0.621. The van der Waals surface area contributed by atoms with E-state index in [1.807, 2.05) is 13.8 Å². The lowest BCUT2D eigenvalue weighted by Crippen LogP contribution is -2.48. The Morgan fingerprint density at radius 3 is 2.48 bits per heavy atom. The molecule has 118 valence electrons. The number of hydrogen-bond donors (Lipinski definition) is 4. The van der Waals surface area contributed by atoms with E-state index in [9.17, 15) is 15.0 Å². The summed E-state index contributed by atoms with van der Waals surface area (Å²) in [6.07, 6.45) is 0.783. The largest absolute Gasteiger partial charge is 0.504 e. The molecule has 5 N–H and O–H groups in total. The lowest BCUT2D eigenvalue weighted by Gasteiger charge is -2.29. The minimum atomic E-state index is -0.727. The van der Waals surface area contributed by atoms with Gasteiger partial charge in [-0.1, -0.05) is 6.07 Å². The molecular formula is C15H24N2O4. The molecule has 1 atom stereocenters. The predicted octanol–water partition coefficient (Wildman–Crippen LogP) is 0.587. The van der Waals surface area contributed by atoms with Crippen molar-refractivity contribution in [3.8, 4) is 11.5 Å². The van der Waals surface area contributed by atoms with Crippen molar-refractivity contribution < 1.29 is 20.1 Å². The number of rotatable bonds is 7. The van der Waals surface area contributed by atoms with E-state index >= 15 is 0 Å². The molecule has 0 heterocycles. The fourth-order valence-corrected chi connectivity index (χ4v) is 2.11. The molecule has 0 saturated carbocycles. The van der Waals surface area contributed by atoms with Gasteiger partial charge in [-0.3, -0.25) is 4.79 Å². The Hall–Kier alpha value is -1.79. The van der Waals surface area contributed by atoms with Gasteiger partial charge in [0.2, 0.25) is 5.91 Å². The minimum absolute atomic E-state index is 0.00307. The summed E-state index contributed by atoms with van der Waals surface area (Å²) in [5.41, 5.74) is 6.63. The first-order valence-electron chi connectivity index (χ1n) is 7.04. The van der Waals surface area contributed by atoms with Gasteiger partial charge in [-0.25, -0.2) is 0 Å². The maximum absolute atomic E-state index is 12.4. The Labute approximate surface area is 124 Å². The average Bonchev–Trinajstić information content (AvgIpc) is 2.42. The predicted molar refractivity (Wildman–Crippen MR) is 80.0 cm³/mol. The molecule has 0 bridgehead atoms. The molecule has 6 nitrogen and oxygen atoms in total. The summed E-state index contributed by atoms with van der Waals surface area (Å²) in [6, 6.07) is 3.66. The van der Waals surface area contributed by atoms with Crippen molar-refractivity contribution >= 4 is 5.91 Å². The fraction of sp³-hybridized carbons (Fsp3) is 0.533. The number of hydrogen-bond acceptors (Lipinski definition) is 5. The zero-order chi connectivity index (χ0) is 16.0. The van der Waals surface area contributed by atoms with Gasteiger partial charge in [0.25, 0.3) is 0 Å². The van der Waals surface area contributed by atoms with Crippen LogP contribution in [-0.2, 0) is 11.2 Å². The van der Waals surface area contributed by atoms with Gasteiger partial charge in [-0.05, 0) is 44.4 Å². The zero-order valence-electron chi connectivity index (χ0n) is 12.5. The number of benzene rings is 1. The van der Waals surface area contributed by atoms with Gasteiger partial charge in [0.1, 0.15) is 0 Å². The smallest absolute Gasteiger partial charge is 0.240 e. The second kappa shape index (κ2) is 7.85. The standard InChI is InChI=1S/C15H24N2O4/c1-10(2)17(6-3-7-18)15(21)12(16)8-11-4-5-13(19)14(20)9-11/h4-5,9-10,12,18-20H,3,6-8,16H2,1-2H3/t12-/m0/s1. The van der Waals surface area contributed by atoms with E-state index in [0.29, 0.717) is 18.5 Å². The molecule has 1 amide bonds. The number of amides is 1. The highest BCUT2D eigenvalue weighted by Crippen LogP contribution is 2.25. The first-order chi connectivity index (χ1) is 9.86. The van der Waals surface area contributed by atoms with Crippen LogP contribution in [0.5, 0.6) is 11.5 Å². The van der Waals surface area contributed by atoms with Crippen LogP contribution >= 0.6 is 0 Å². The summed E-state index contributed by atoms with van der Waals surface area (Å²) in [4.78, 5) is 14.0. The maximum Gasteiger partial charge on any atom is 0.240 e.